The third kappa shape index (κ3) is 3.51. The largest absolute Gasteiger partial charge is 0.356 e. The van der Waals surface area contributed by atoms with Gasteiger partial charge in [-0.25, -0.2) is 0 Å². The minimum Gasteiger partial charge on any atom is -0.356 e. The Kier molecular flexibility index (Phi) is 4.77. The monoisotopic (exact) mass is 350 g/mol. The number of piperidine rings is 1. The topological polar surface area (TPSA) is 75.4 Å². The van der Waals surface area contributed by atoms with Gasteiger partial charge in [0.2, 0.25) is 11.9 Å². The molecule has 0 aromatic carbocycles. The molecule has 0 aliphatic carbocycles. The number of amides is 1. The Bertz CT molecular complexity index is 870. The lowest BCUT2D eigenvalue weighted by atomic mass is 9.96. The zero-order chi connectivity index (χ0) is 17.8. The normalized spacial score (nSPS) is 15.3. The van der Waals surface area contributed by atoms with Crippen molar-refractivity contribution in [2.24, 2.45) is 5.92 Å². The summed E-state index contributed by atoms with van der Waals surface area (Å²) < 4.78 is 1.99. The predicted octanol–water partition coefficient (Wildman–Crippen LogP) is 1.70. The van der Waals surface area contributed by atoms with E-state index in [2.05, 4.69) is 25.4 Å². The molecule has 0 bridgehead atoms. The van der Waals surface area contributed by atoms with Crippen LogP contribution in [-0.2, 0) is 11.2 Å². The van der Waals surface area contributed by atoms with Crippen LogP contribution in [0.4, 0.5) is 5.95 Å². The highest BCUT2D eigenvalue weighted by molar-refractivity contribution is 5.79. The van der Waals surface area contributed by atoms with Crippen molar-refractivity contribution in [2.45, 2.75) is 19.3 Å². The molecule has 7 heteroatoms. The zero-order valence-corrected chi connectivity index (χ0v) is 14.6. The first-order valence-corrected chi connectivity index (χ1v) is 9.02. The highest BCUT2D eigenvalue weighted by Gasteiger charge is 2.26. The van der Waals surface area contributed by atoms with Crippen LogP contribution in [0.5, 0.6) is 0 Å². The summed E-state index contributed by atoms with van der Waals surface area (Å²) in [7, 11) is 0. The fraction of sp³-hybridized carbons (Fsp3) is 0.368. The second kappa shape index (κ2) is 7.51. The molecular weight excluding hydrogens is 328 g/mol. The summed E-state index contributed by atoms with van der Waals surface area (Å²) in [5, 5.41) is 11.6. The molecule has 4 heterocycles. The maximum atomic E-state index is 12.4. The Hall–Kier alpha value is -2.96. The van der Waals surface area contributed by atoms with Crippen molar-refractivity contribution in [3.05, 3.63) is 54.5 Å². The maximum Gasteiger partial charge on any atom is 0.231 e. The average Bonchev–Trinajstić information content (AvgIpc) is 3.13. The van der Waals surface area contributed by atoms with Gasteiger partial charge >= 0.3 is 0 Å². The number of rotatable bonds is 5. The highest BCUT2D eigenvalue weighted by Crippen LogP contribution is 2.22. The van der Waals surface area contributed by atoms with Crippen LogP contribution in [0.3, 0.4) is 0 Å². The summed E-state index contributed by atoms with van der Waals surface area (Å²) in [5.74, 6) is 1.08. The maximum absolute atomic E-state index is 12.4. The first-order chi connectivity index (χ1) is 12.8. The summed E-state index contributed by atoms with van der Waals surface area (Å²) in [6, 6.07) is 9.82. The number of hydrogen-bond donors (Lipinski definition) is 1. The summed E-state index contributed by atoms with van der Waals surface area (Å²) in [4.78, 5) is 18.7. The molecule has 1 aliphatic heterocycles. The molecule has 0 radical (unpaired) electrons. The van der Waals surface area contributed by atoms with Crippen LogP contribution < -0.4 is 10.2 Å². The minimum atomic E-state index is 0.0688. The van der Waals surface area contributed by atoms with Crippen LogP contribution in [0.25, 0.3) is 5.65 Å². The van der Waals surface area contributed by atoms with E-state index in [1.807, 2.05) is 47.1 Å². The van der Waals surface area contributed by atoms with Gasteiger partial charge in [-0.05, 0) is 43.0 Å². The first-order valence-electron chi connectivity index (χ1n) is 9.02. The lowest BCUT2D eigenvalue weighted by Crippen LogP contribution is -2.41. The van der Waals surface area contributed by atoms with Crippen molar-refractivity contribution in [3.8, 4) is 0 Å². The Labute approximate surface area is 152 Å². The van der Waals surface area contributed by atoms with E-state index in [4.69, 9.17) is 0 Å². The predicted molar refractivity (Wildman–Crippen MR) is 98.9 cm³/mol. The number of hydrogen-bond acceptors (Lipinski definition) is 5. The average molecular weight is 350 g/mol. The van der Waals surface area contributed by atoms with E-state index in [9.17, 15) is 4.79 Å². The number of anilines is 1. The molecule has 7 nitrogen and oxygen atoms in total. The number of nitrogens with zero attached hydrogens (tertiary/aromatic N) is 5. The molecule has 4 rings (SSSR count). The van der Waals surface area contributed by atoms with E-state index < -0.39 is 0 Å². The molecule has 0 atom stereocenters. The number of pyridine rings is 2. The first kappa shape index (κ1) is 16.5. The van der Waals surface area contributed by atoms with Crippen LogP contribution in [0, 0.1) is 5.92 Å². The van der Waals surface area contributed by atoms with E-state index in [-0.39, 0.29) is 11.8 Å². The Balaban J connectivity index is 1.28. The molecule has 0 unspecified atom stereocenters. The molecule has 134 valence electrons. The highest BCUT2D eigenvalue weighted by atomic mass is 16.1. The number of carbonyl (C=O) groups excluding carboxylic acids is 1. The molecule has 1 amide bonds. The van der Waals surface area contributed by atoms with Crippen LogP contribution >= 0.6 is 0 Å². The van der Waals surface area contributed by atoms with Gasteiger partial charge in [0, 0.05) is 44.1 Å². The summed E-state index contributed by atoms with van der Waals surface area (Å²) in [6.07, 6.45) is 8.05. The fourth-order valence-corrected chi connectivity index (χ4v) is 3.41. The van der Waals surface area contributed by atoms with Crippen molar-refractivity contribution in [3.63, 3.8) is 0 Å². The van der Waals surface area contributed by atoms with Gasteiger partial charge in [-0.15, -0.1) is 10.2 Å². The second-order valence-electron chi connectivity index (χ2n) is 6.59. The number of fused-ring (bicyclic) bond motifs is 1. The van der Waals surface area contributed by atoms with Gasteiger partial charge in [0.25, 0.3) is 0 Å². The summed E-state index contributed by atoms with van der Waals surface area (Å²) >= 11 is 0. The van der Waals surface area contributed by atoms with Crippen molar-refractivity contribution in [2.75, 3.05) is 24.5 Å². The molecule has 1 fully saturated rings. The molecule has 3 aromatic rings. The zero-order valence-electron chi connectivity index (χ0n) is 14.6. The smallest absolute Gasteiger partial charge is 0.231 e. The van der Waals surface area contributed by atoms with E-state index in [0.29, 0.717) is 6.54 Å². The Morgan fingerprint density at radius 1 is 1.15 bits per heavy atom. The second-order valence-corrected chi connectivity index (χ2v) is 6.59. The van der Waals surface area contributed by atoms with Gasteiger partial charge in [-0.2, -0.15) is 0 Å². The van der Waals surface area contributed by atoms with Gasteiger partial charge < -0.3 is 10.2 Å². The third-order valence-corrected chi connectivity index (χ3v) is 4.88. The van der Waals surface area contributed by atoms with Crippen molar-refractivity contribution >= 4 is 17.5 Å². The molecule has 1 saturated heterocycles. The van der Waals surface area contributed by atoms with Crippen molar-refractivity contribution in [1.82, 2.24) is 24.9 Å². The molecular formula is C19H22N6O. The molecule has 1 aliphatic rings. The summed E-state index contributed by atoms with van der Waals surface area (Å²) in [6.45, 7) is 2.28. The number of carbonyl (C=O) groups is 1. The fourth-order valence-electron chi connectivity index (χ4n) is 3.41. The Morgan fingerprint density at radius 3 is 2.85 bits per heavy atom. The van der Waals surface area contributed by atoms with Gasteiger partial charge in [-0.3, -0.25) is 14.2 Å². The SMILES string of the molecule is O=C(NCCc1cccnc1)C1CCN(c2nnc3ccccn23)CC1. The number of nitrogens with one attached hydrogen (secondary N) is 1. The van der Waals surface area contributed by atoms with Crippen molar-refractivity contribution < 1.29 is 4.79 Å². The van der Waals surface area contributed by atoms with Crippen LogP contribution in [0.2, 0.25) is 0 Å². The van der Waals surface area contributed by atoms with E-state index in [1.165, 1.54) is 0 Å². The van der Waals surface area contributed by atoms with Crippen LogP contribution in [0.15, 0.2) is 48.9 Å². The molecule has 0 spiro atoms. The van der Waals surface area contributed by atoms with E-state index >= 15 is 0 Å². The van der Waals surface area contributed by atoms with E-state index in [0.717, 1.165) is 49.5 Å². The molecule has 0 saturated carbocycles. The molecule has 26 heavy (non-hydrogen) atoms. The van der Waals surface area contributed by atoms with E-state index in [1.54, 1.807) is 6.20 Å². The Morgan fingerprint density at radius 2 is 2.04 bits per heavy atom. The lowest BCUT2D eigenvalue weighted by molar-refractivity contribution is -0.125. The standard InChI is InChI=1S/C19H22N6O/c26-18(21-10-6-15-4-3-9-20-14-15)16-7-12-24(13-8-16)19-23-22-17-5-1-2-11-25(17)19/h1-5,9,11,14,16H,6-8,10,12-13H2,(H,21,26). The third-order valence-electron chi connectivity index (χ3n) is 4.88. The minimum absolute atomic E-state index is 0.0688. The number of aromatic nitrogens is 4. The van der Waals surface area contributed by atoms with Gasteiger partial charge in [0.15, 0.2) is 5.65 Å². The van der Waals surface area contributed by atoms with Gasteiger partial charge in [0.1, 0.15) is 0 Å². The van der Waals surface area contributed by atoms with Crippen LogP contribution in [-0.4, -0.2) is 45.1 Å². The van der Waals surface area contributed by atoms with Crippen LogP contribution in [0.1, 0.15) is 18.4 Å². The lowest BCUT2D eigenvalue weighted by Gasteiger charge is -2.31. The molecule has 3 aromatic heterocycles. The molecule has 1 N–H and O–H groups in total. The summed E-state index contributed by atoms with van der Waals surface area (Å²) in [5.41, 5.74) is 1.99. The van der Waals surface area contributed by atoms with Crippen molar-refractivity contribution in [1.29, 1.82) is 0 Å². The quantitative estimate of drug-likeness (QED) is 0.758. The van der Waals surface area contributed by atoms with Gasteiger partial charge in [-0.1, -0.05) is 12.1 Å². The van der Waals surface area contributed by atoms with Gasteiger partial charge in [0.05, 0.1) is 0 Å².